The predicted molar refractivity (Wildman–Crippen MR) is 111 cm³/mol. The number of nitrogens with one attached hydrogen (secondary N) is 1. The molecule has 30 heavy (non-hydrogen) atoms. The SMILES string of the molecule is CC(CCc1ccccc1)NC(=O)N1CCN(c2ncc(C(F)(F)F)cc2Cl)CC1. The molecule has 0 saturated carbocycles. The first-order valence-corrected chi connectivity index (χ1v) is 10.2. The highest BCUT2D eigenvalue weighted by atomic mass is 35.5. The molecule has 162 valence electrons. The molecule has 5 nitrogen and oxygen atoms in total. The van der Waals surface area contributed by atoms with Gasteiger partial charge in [0.25, 0.3) is 0 Å². The Morgan fingerprint density at radius 1 is 1.20 bits per heavy atom. The summed E-state index contributed by atoms with van der Waals surface area (Å²) in [7, 11) is 0. The van der Waals surface area contributed by atoms with Crippen LogP contribution in [0.2, 0.25) is 5.02 Å². The van der Waals surface area contributed by atoms with E-state index < -0.39 is 11.7 Å². The molecule has 1 aromatic carbocycles. The van der Waals surface area contributed by atoms with E-state index in [1.165, 1.54) is 5.56 Å². The number of carbonyl (C=O) groups is 1. The third-order valence-corrected chi connectivity index (χ3v) is 5.37. The molecule has 1 aromatic heterocycles. The molecule has 3 rings (SSSR count). The molecule has 0 bridgehead atoms. The number of aromatic nitrogens is 1. The van der Waals surface area contributed by atoms with E-state index in [-0.39, 0.29) is 17.1 Å². The Labute approximate surface area is 178 Å². The molecule has 2 amide bonds. The van der Waals surface area contributed by atoms with Crippen molar-refractivity contribution in [1.82, 2.24) is 15.2 Å². The van der Waals surface area contributed by atoms with E-state index in [0.717, 1.165) is 25.1 Å². The summed E-state index contributed by atoms with van der Waals surface area (Å²) in [6.45, 7) is 3.75. The van der Waals surface area contributed by atoms with Gasteiger partial charge in [0.2, 0.25) is 0 Å². The number of carbonyl (C=O) groups excluding carboxylic acids is 1. The molecule has 0 spiro atoms. The van der Waals surface area contributed by atoms with E-state index in [4.69, 9.17) is 11.6 Å². The van der Waals surface area contributed by atoms with Crippen molar-refractivity contribution >= 4 is 23.4 Å². The van der Waals surface area contributed by atoms with Crippen LogP contribution in [0, 0.1) is 0 Å². The van der Waals surface area contributed by atoms with Crippen molar-refractivity contribution in [2.75, 3.05) is 31.1 Å². The molecule has 0 radical (unpaired) electrons. The fraction of sp³-hybridized carbons (Fsp3) is 0.429. The van der Waals surface area contributed by atoms with Gasteiger partial charge in [0, 0.05) is 38.4 Å². The zero-order valence-electron chi connectivity index (χ0n) is 16.6. The lowest BCUT2D eigenvalue weighted by atomic mass is 10.1. The van der Waals surface area contributed by atoms with Gasteiger partial charge in [-0.3, -0.25) is 0 Å². The molecule has 2 aromatic rings. The van der Waals surface area contributed by atoms with Crippen molar-refractivity contribution in [1.29, 1.82) is 0 Å². The van der Waals surface area contributed by atoms with Crippen LogP contribution in [-0.2, 0) is 12.6 Å². The van der Waals surface area contributed by atoms with Gasteiger partial charge in [-0.15, -0.1) is 0 Å². The smallest absolute Gasteiger partial charge is 0.352 e. The van der Waals surface area contributed by atoms with Gasteiger partial charge in [-0.2, -0.15) is 13.2 Å². The first-order chi connectivity index (χ1) is 14.2. The highest BCUT2D eigenvalue weighted by Gasteiger charge is 2.32. The maximum atomic E-state index is 12.8. The zero-order valence-corrected chi connectivity index (χ0v) is 17.4. The molecular formula is C21H24ClF3N4O. The van der Waals surface area contributed by atoms with Gasteiger partial charge in [0.1, 0.15) is 5.82 Å². The van der Waals surface area contributed by atoms with Crippen LogP contribution in [0.25, 0.3) is 0 Å². The monoisotopic (exact) mass is 440 g/mol. The Balaban J connectivity index is 1.48. The third-order valence-electron chi connectivity index (χ3n) is 5.09. The Kier molecular flexibility index (Phi) is 7.07. The van der Waals surface area contributed by atoms with Crippen LogP contribution < -0.4 is 10.2 Å². The van der Waals surface area contributed by atoms with Crippen LogP contribution in [0.1, 0.15) is 24.5 Å². The minimum atomic E-state index is -4.48. The number of nitrogens with zero attached hydrogens (tertiary/aromatic N) is 3. The van der Waals surface area contributed by atoms with Crippen LogP contribution in [-0.4, -0.2) is 48.1 Å². The lowest BCUT2D eigenvalue weighted by Crippen LogP contribution is -2.53. The van der Waals surface area contributed by atoms with Gasteiger partial charge in [-0.1, -0.05) is 41.9 Å². The second-order valence-electron chi connectivity index (χ2n) is 7.38. The Hall–Kier alpha value is -2.48. The number of aryl methyl sites for hydroxylation is 1. The molecule has 1 atom stereocenters. The number of anilines is 1. The van der Waals surface area contributed by atoms with Gasteiger partial charge in [0.05, 0.1) is 10.6 Å². The van der Waals surface area contributed by atoms with E-state index in [2.05, 4.69) is 22.4 Å². The van der Waals surface area contributed by atoms with Gasteiger partial charge in [0.15, 0.2) is 0 Å². The number of benzene rings is 1. The third kappa shape index (κ3) is 5.78. The van der Waals surface area contributed by atoms with Crippen molar-refractivity contribution < 1.29 is 18.0 Å². The van der Waals surface area contributed by atoms with Crippen LogP contribution in [0.15, 0.2) is 42.6 Å². The summed E-state index contributed by atoms with van der Waals surface area (Å²) in [6.07, 6.45) is -1.98. The van der Waals surface area contributed by atoms with Crippen LogP contribution in [0.4, 0.5) is 23.8 Å². The van der Waals surface area contributed by atoms with Crippen molar-refractivity contribution in [2.24, 2.45) is 0 Å². The van der Waals surface area contributed by atoms with E-state index in [0.29, 0.717) is 32.0 Å². The normalized spacial score (nSPS) is 15.8. The predicted octanol–water partition coefficient (Wildman–Crippen LogP) is 4.61. The highest BCUT2D eigenvalue weighted by Crippen LogP contribution is 2.33. The molecule has 9 heteroatoms. The lowest BCUT2D eigenvalue weighted by Gasteiger charge is -2.36. The first-order valence-electron chi connectivity index (χ1n) is 9.81. The summed E-state index contributed by atoms with van der Waals surface area (Å²) in [5, 5.41) is 2.97. The molecule has 1 N–H and O–H groups in total. The van der Waals surface area contributed by atoms with E-state index >= 15 is 0 Å². The minimum Gasteiger partial charge on any atom is -0.352 e. The van der Waals surface area contributed by atoms with Gasteiger partial charge in [-0.05, 0) is 31.4 Å². The molecule has 1 unspecified atom stereocenters. The summed E-state index contributed by atoms with van der Waals surface area (Å²) < 4.78 is 38.3. The van der Waals surface area contributed by atoms with E-state index in [9.17, 15) is 18.0 Å². The number of amides is 2. The van der Waals surface area contributed by atoms with Crippen LogP contribution in [0.5, 0.6) is 0 Å². The Bertz CT molecular complexity index is 855. The summed E-state index contributed by atoms with van der Waals surface area (Å²) in [4.78, 5) is 19.9. The highest BCUT2D eigenvalue weighted by molar-refractivity contribution is 6.33. The quantitative estimate of drug-likeness (QED) is 0.738. The average Bonchev–Trinajstić information content (AvgIpc) is 2.72. The van der Waals surface area contributed by atoms with Gasteiger partial charge in [-0.25, -0.2) is 9.78 Å². The van der Waals surface area contributed by atoms with E-state index in [1.54, 1.807) is 9.80 Å². The average molecular weight is 441 g/mol. The number of urea groups is 1. The summed E-state index contributed by atoms with van der Waals surface area (Å²) in [5.41, 5.74) is 0.354. The number of rotatable bonds is 5. The Morgan fingerprint density at radius 3 is 2.47 bits per heavy atom. The Morgan fingerprint density at radius 2 is 1.87 bits per heavy atom. The van der Waals surface area contributed by atoms with Crippen LogP contribution in [0.3, 0.4) is 0 Å². The van der Waals surface area contributed by atoms with Crippen LogP contribution >= 0.6 is 11.6 Å². The fourth-order valence-electron chi connectivity index (χ4n) is 3.34. The molecule has 1 fully saturated rings. The minimum absolute atomic E-state index is 0.0294. The fourth-order valence-corrected chi connectivity index (χ4v) is 3.63. The van der Waals surface area contributed by atoms with Gasteiger partial charge < -0.3 is 15.1 Å². The lowest BCUT2D eigenvalue weighted by molar-refractivity contribution is -0.137. The second-order valence-corrected chi connectivity index (χ2v) is 7.78. The molecule has 2 heterocycles. The molecule has 1 saturated heterocycles. The number of piperazine rings is 1. The maximum Gasteiger partial charge on any atom is 0.417 e. The standard InChI is InChI=1S/C21H24ClF3N4O/c1-15(7-8-16-5-3-2-4-6-16)27-20(30)29-11-9-28(10-12-29)19-18(22)13-17(14-26-19)21(23,24)25/h2-6,13-15H,7-12H2,1H3,(H,27,30). The van der Waals surface area contributed by atoms with Gasteiger partial charge >= 0.3 is 12.2 Å². The van der Waals surface area contributed by atoms with E-state index in [1.807, 2.05) is 25.1 Å². The summed E-state index contributed by atoms with van der Waals surface area (Å²) >= 11 is 6.02. The first kappa shape index (κ1) is 22.2. The van der Waals surface area contributed by atoms with Crippen molar-refractivity contribution in [3.63, 3.8) is 0 Å². The van der Waals surface area contributed by atoms with Crippen molar-refractivity contribution in [3.8, 4) is 0 Å². The molecule has 1 aliphatic heterocycles. The maximum absolute atomic E-state index is 12.8. The number of hydrogen-bond donors (Lipinski definition) is 1. The van der Waals surface area contributed by atoms with Crippen molar-refractivity contribution in [2.45, 2.75) is 32.0 Å². The largest absolute Gasteiger partial charge is 0.417 e. The number of hydrogen-bond acceptors (Lipinski definition) is 3. The summed E-state index contributed by atoms with van der Waals surface area (Å²) in [5.74, 6) is 0.306. The molecule has 1 aliphatic rings. The topological polar surface area (TPSA) is 48.5 Å². The zero-order chi connectivity index (χ0) is 21.7. The number of halogens is 4. The summed E-state index contributed by atoms with van der Waals surface area (Å²) in [6, 6.07) is 10.9. The second kappa shape index (κ2) is 9.55. The van der Waals surface area contributed by atoms with Crippen molar-refractivity contribution in [3.05, 3.63) is 58.7 Å². The molecular weight excluding hydrogens is 417 g/mol. The molecule has 0 aliphatic carbocycles. The number of pyridine rings is 1. The number of alkyl halides is 3.